The fraction of sp³-hybridized carbons (Fsp3) is 0.938. The van der Waals surface area contributed by atoms with Gasteiger partial charge in [-0.05, 0) is 72.1 Å². The van der Waals surface area contributed by atoms with Crippen molar-refractivity contribution in [2.75, 3.05) is 0 Å². The summed E-state index contributed by atoms with van der Waals surface area (Å²) in [6, 6.07) is 0. The molecule has 1 aliphatic rings. The molecule has 3 nitrogen and oxygen atoms in total. The molecule has 0 radical (unpaired) electrons. The molecule has 6 heteroatoms. The number of esters is 1. The molecule has 1 rings (SSSR count). The Bertz CT molecular complexity index is 388. The maximum Gasteiger partial charge on any atom is 0.425 e. The number of rotatable bonds is 4. The van der Waals surface area contributed by atoms with Crippen LogP contribution in [0.15, 0.2) is 0 Å². The van der Waals surface area contributed by atoms with Crippen LogP contribution in [0.4, 0.5) is 13.2 Å². The summed E-state index contributed by atoms with van der Waals surface area (Å²) >= 11 is 0. The van der Waals surface area contributed by atoms with Crippen LogP contribution in [-0.4, -0.2) is 29.0 Å². The molecule has 1 atom stereocenters. The Balaban J connectivity index is 2.66. The van der Waals surface area contributed by atoms with Crippen molar-refractivity contribution in [3.63, 3.8) is 0 Å². The van der Waals surface area contributed by atoms with E-state index >= 15 is 0 Å². The standard InChI is InChI=1S/C16H27F3O3/c1-10(16(17,18)19)22-13(20)14(2,3)11-6-8-12(9-7-11)15(4,5)21/h10-12,21H,6-9H2,1-5H3. The molecule has 1 aliphatic carbocycles. The van der Waals surface area contributed by atoms with E-state index in [-0.39, 0.29) is 11.8 Å². The SMILES string of the molecule is CC(OC(=O)C(C)(C)C1CCC(C(C)(C)O)CC1)C(F)(F)F. The zero-order valence-electron chi connectivity index (χ0n) is 14.0. The molecule has 0 heterocycles. The van der Waals surface area contributed by atoms with Crippen LogP contribution >= 0.6 is 0 Å². The van der Waals surface area contributed by atoms with Crippen LogP contribution in [0.25, 0.3) is 0 Å². The lowest BCUT2D eigenvalue weighted by molar-refractivity contribution is -0.222. The minimum atomic E-state index is -4.54. The molecule has 22 heavy (non-hydrogen) atoms. The van der Waals surface area contributed by atoms with E-state index in [0.717, 1.165) is 19.8 Å². The lowest BCUT2D eigenvalue weighted by Crippen LogP contribution is -2.43. The smallest absolute Gasteiger partial charge is 0.425 e. The molecule has 0 bridgehead atoms. The molecule has 0 aromatic heterocycles. The van der Waals surface area contributed by atoms with E-state index in [2.05, 4.69) is 4.74 Å². The molecule has 0 aromatic rings. The molecule has 0 aliphatic heterocycles. The van der Waals surface area contributed by atoms with Gasteiger partial charge < -0.3 is 9.84 Å². The third kappa shape index (κ3) is 4.61. The first-order valence-corrected chi connectivity index (χ1v) is 7.76. The van der Waals surface area contributed by atoms with Crippen LogP contribution in [0.5, 0.6) is 0 Å². The van der Waals surface area contributed by atoms with Gasteiger partial charge >= 0.3 is 12.1 Å². The van der Waals surface area contributed by atoms with E-state index in [1.807, 2.05) is 0 Å². The van der Waals surface area contributed by atoms with E-state index in [0.29, 0.717) is 12.8 Å². The average molecular weight is 324 g/mol. The van der Waals surface area contributed by atoms with E-state index in [9.17, 15) is 23.1 Å². The third-order valence-electron chi connectivity index (χ3n) is 5.02. The Labute approximate surface area is 130 Å². The highest BCUT2D eigenvalue weighted by molar-refractivity contribution is 5.76. The number of hydrogen-bond donors (Lipinski definition) is 1. The fourth-order valence-electron chi connectivity index (χ4n) is 3.07. The first-order valence-electron chi connectivity index (χ1n) is 7.76. The molecule has 0 saturated heterocycles. The van der Waals surface area contributed by atoms with Crippen LogP contribution in [0.3, 0.4) is 0 Å². The zero-order valence-corrected chi connectivity index (χ0v) is 14.0. The van der Waals surface area contributed by atoms with Crippen molar-refractivity contribution in [1.82, 2.24) is 0 Å². The van der Waals surface area contributed by atoms with Gasteiger partial charge in [-0.15, -0.1) is 0 Å². The second kappa shape index (κ2) is 6.38. The molecular formula is C16H27F3O3. The predicted octanol–water partition coefficient (Wildman–Crippen LogP) is 4.08. The summed E-state index contributed by atoms with van der Waals surface area (Å²) < 4.78 is 42.2. The summed E-state index contributed by atoms with van der Waals surface area (Å²) in [6.07, 6.45) is -3.69. The van der Waals surface area contributed by atoms with Gasteiger partial charge in [-0.2, -0.15) is 13.2 Å². The summed E-state index contributed by atoms with van der Waals surface area (Å²) in [5, 5.41) is 10.0. The molecule has 1 saturated carbocycles. The minimum absolute atomic E-state index is 0.0287. The van der Waals surface area contributed by atoms with Gasteiger partial charge in [0.05, 0.1) is 11.0 Å². The van der Waals surface area contributed by atoms with Gasteiger partial charge in [-0.1, -0.05) is 0 Å². The second-order valence-electron chi connectivity index (χ2n) is 7.51. The lowest BCUT2D eigenvalue weighted by atomic mass is 9.66. The molecular weight excluding hydrogens is 297 g/mol. The van der Waals surface area contributed by atoms with Crippen molar-refractivity contribution in [2.24, 2.45) is 17.3 Å². The normalized spacial score (nSPS) is 25.7. The van der Waals surface area contributed by atoms with E-state index in [1.165, 1.54) is 0 Å². The van der Waals surface area contributed by atoms with Crippen molar-refractivity contribution in [3.8, 4) is 0 Å². The number of ether oxygens (including phenoxy) is 1. The van der Waals surface area contributed by atoms with Crippen LogP contribution < -0.4 is 0 Å². The topological polar surface area (TPSA) is 46.5 Å². The van der Waals surface area contributed by atoms with Crippen LogP contribution in [0.1, 0.15) is 60.3 Å². The summed E-state index contributed by atoms with van der Waals surface area (Å²) in [5.41, 5.74) is -1.72. The Morgan fingerprint density at radius 1 is 1.05 bits per heavy atom. The van der Waals surface area contributed by atoms with Gasteiger partial charge in [-0.3, -0.25) is 4.79 Å². The fourth-order valence-corrected chi connectivity index (χ4v) is 3.07. The third-order valence-corrected chi connectivity index (χ3v) is 5.02. The summed E-state index contributed by atoms with van der Waals surface area (Å²) in [5.74, 6) is -0.673. The Morgan fingerprint density at radius 3 is 1.82 bits per heavy atom. The van der Waals surface area contributed by atoms with E-state index in [4.69, 9.17) is 0 Å². The summed E-state index contributed by atoms with van der Waals surface area (Å²) in [4.78, 5) is 12.1. The first kappa shape index (κ1) is 19.3. The van der Waals surface area contributed by atoms with E-state index in [1.54, 1.807) is 27.7 Å². The van der Waals surface area contributed by atoms with Crippen molar-refractivity contribution in [1.29, 1.82) is 0 Å². The largest absolute Gasteiger partial charge is 0.453 e. The number of alkyl halides is 3. The van der Waals surface area contributed by atoms with Crippen molar-refractivity contribution in [2.45, 2.75) is 78.2 Å². The van der Waals surface area contributed by atoms with Crippen molar-refractivity contribution < 1.29 is 27.8 Å². The highest BCUT2D eigenvalue weighted by Crippen LogP contribution is 2.44. The van der Waals surface area contributed by atoms with Gasteiger partial charge in [-0.25, -0.2) is 0 Å². The molecule has 1 unspecified atom stereocenters. The first-order chi connectivity index (χ1) is 9.76. The monoisotopic (exact) mass is 324 g/mol. The molecule has 1 N–H and O–H groups in total. The van der Waals surface area contributed by atoms with Gasteiger partial charge in [0.25, 0.3) is 0 Å². The Hall–Kier alpha value is -0.780. The van der Waals surface area contributed by atoms with Gasteiger partial charge in [0.1, 0.15) is 0 Å². The number of hydrogen-bond acceptors (Lipinski definition) is 3. The van der Waals surface area contributed by atoms with Crippen LogP contribution in [-0.2, 0) is 9.53 Å². The van der Waals surface area contributed by atoms with Crippen LogP contribution in [0.2, 0.25) is 0 Å². The summed E-state index contributed by atoms with van der Waals surface area (Å²) in [6.45, 7) is 7.67. The molecule has 0 aromatic carbocycles. The Kier molecular flexibility index (Phi) is 5.59. The number of halogens is 3. The maximum atomic E-state index is 12.5. The molecule has 130 valence electrons. The average Bonchev–Trinajstić information content (AvgIpc) is 2.36. The highest BCUT2D eigenvalue weighted by atomic mass is 19.4. The minimum Gasteiger partial charge on any atom is -0.453 e. The van der Waals surface area contributed by atoms with Crippen molar-refractivity contribution in [3.05, 3.63) is 0 Å². The van der Waals surface area contributed by atoms with Crippen molar-refractivity contribution >= 4 is 5.97 Å². The van der Waals surface area contributed by atoms with E-state index < -0.39 is 29.3 Å². The van der Waals surface area contributed by atoms with Gasteiger partial charge in [0, 0.05) is 0 Å². The molecule has 0 amide bonds. The van der Waals surface area contributed by atoms with Gasteiger partial charge in [0.15, 0.2) is 6.10 Å². The van der Waals surface area contributed by atoms with Crippen LogP contribution in [0, 0.1) is 17.3 Å². The maximum absolute atomic E-state index is 12.5. The number of carbonyl (C=O) groups is 1. The number of carbonyl (C=O) groups excluding carboxylic acids is 1. The number of aliphatic hydroxyl groups is 1. The zero-order chi connectivity index (χ0) is 17.3. The highest BCUT2D eigenvalue weighted by Gasteiger charge is 2.46. The lowest BCUT2D eigenvalue weighted by Gasteiger charge is -2.41. The van der Waals surface area contributed by atoms with Gasteiger partial charge in [0.2, 0.25) is 0 Å². The molecule has 0 spiro atoms. The Morgan fingerprint density at radius 2 is 1.45 bits per heavy atom. The second-order valence-corrected chi connectivity index (χ2v) is 7.51. The predicted molar refractivity (Wildman–Crippen MR) is 77.1 cm³/mol. The quantitative estimate of drug-likeness (QED) is 0.793. The summed E-state index contributed by atoms with van der Waals surface area (Å²) in [7, 11) is 0. The molecule has 1 fully saturated rings.